The van der Waals surface area contributed by atoms with E-state index in [0.29, 0.717) is 33.2 Å². The van der Waals surface area contributed by atoms with E-state index in [0.717, 1.165) is 16.3 Å². The molecule has 2 aromatic heterocycles. The molecule has 0 aliphatic rings. The van der Waals surface area contributed by atoms with Gasteiger partial charge in [0, 0.05) is 34.5 Å². The van der Waals surface area contributed by atoms with Crippen molar-refractivity contribution in [2.75, 3.05) is 0 Å². The SMILES string of the molecule is Cc1c(O[C@H](C)C(=O)N[C@@H](Cc2c[nH]c3ccc(O)cc23)C(=O)[O-])ccc2c1oc(=O)c1ccccc12. The molecule has 5 rings (SSSR count). The number of H-pyrrole nitrogens is 1. The maximum Gasteiger partial charge on any atom is 0.344 e. The Morgan fingerprint density at radius 2 is 1.84 bits per heavy atom. The van der Waals surface area contributed by atoms with Gasteiger partial charge in [-0.1, -0.05) is 18.2 Å². The molecule has 0 spiro atoms. The number of carbonyl (C=O) groups excluding carboxylic acids is 2. The van der Waals surface area contributed by atoms with Gasteiger partial charge in [0.1, 0.15) is 17.1 Å². The second-order valence-corrected chi connectivity index (χ2v) is 8.89. The van der Waals surface area contributed by atoms with Gasteiger partial charge < -0.3 is 34.5 Å². The average Bonchev–Trinajstić information content (AvgIpc) is 3.27. The molecular formula is C28H23N2O7-. The van der Waals surface area contributed by atoms with Gasteiger partial charge in [-0.3, -0.25) is 4.79 Å². The lowest BCUT2D eigenvalue weighted by Crippen LogP contribution is -2.52. The van der Waals surface area contributed by atoms with Gasteiger partial charge in [0.15, 0.2) is 6.10 Å². The van der Waals surface area contributed by atoms with Crippen LogP contribution in [0.1, 0.15) is 18.1 Å². The van der Waals surface area contributed by atoms with Crippen molar-refractivity contribution in [3.05, 3.63) is 82.3 Å². The van der Waals surface area contributed by atoms with Crippen LogP contribution in [0.3, 0.4) is 0 Å². The number of phenolic OH excluding ortho intramolecular Hbond substituents is 1. The highest BCUT2D eigenvalue weighted by Crippen LogP contribution is 2.31. The van der Waals surface area contributed by atoms with E-state index >= 15 is 0 Å². The fourth-order valence-electron chi connectivity index (χ4n) is 4.47. The monoisotopic (exact) mass is 499 g/mol. The predicted molar refractivity (Wildman–Crippen MR) is 135 cm³/mol. The minimum atomic E-state index is -1.45. The summed E-state index contributed by atoms with van der Waals surface area (Å²) in [6, 6.07) is 13.9. The summed E-state index contributed by atoms with van der Waals surface area (Å²) in [6.07, 6.45) is 0.511. The lowest BCUT2D eigenvalue weighted by Gasteiger charge is -2.23. The molecule has 188 valence electrons. The number of aromatic amines is 1. The van der Waals surface area contributed by atoms with Crippen LogP contribution in [0.15, 0.2) is 70.0 Å². The number of carboxylic acids is 1. The van der Waals surface area contributed by atoms with Crippen LogP contribution in [0.4, 0.5) is 0 Å². The van der Waals surface area contributed by atoms with Crippen molar-refractivity contribution in [2.45, 2.75) is 32.4 Å². The van der Waals surface area contributed by atoms with Crippen molar-refractivity contribution in [3.63, 3.8) is 0 Å². The highest BCUT2D eigenvalue weighted by atomic mass is 16.5. The molecule has 0 fully saturated rings. The summed E-state index contributed by atoms with van der Waals surface area (Å²) in [4.78, 5) is 40.1. The molecule has 9 nitrogen and oxygen atoms in total. The van der Waals surface area contributed by atoms with E-state index in [1.54, 1.807) is 43.5 Å². The fraction of sp³-hybridized carbons (Fsp3) is 0.179. The molecule has 0 bridgehead atoms. The van der Waals surface area contributed by atoms with E-state index in [4.69, 9.17) is 9.15 Å². The Hall–Kier alpha value is -4.79. The third-order valence-corrected chi connectivity index (χ3v) is 6.44. The Balaban J connectivity index is 1.36. The fourth-order valence-corrected chi connectivity index (χ4v) is 4.47. The molecule has 0 saturated carbocycles. The van der Waals surface area contributed by atoms with Gasteiger partial charge in [-0.05, 0) is 61.2 Å². The third kappa shape index (κ3) is 4.47. The van der Waals surface area contributed by atoms with Crippen molar-refractivity contribution in [3.8, 4) is 11.5 Å². The minimum absolute atomic E-state index is 0.0407. The van der Waals surface area contributed by atoms with E-state index in [2.05, 4.69) is 10.3 Å². The van der Waals surface area contributed by atoms with Crippen LogP contribution >= 0.6 is 0 Å². The Morgan fingerprint density at radius 1 is 1.08 bits per heavy atom. The van der Waals surface area contributed by atoms with Crippen LogP contribution in [0.2, 0.25) is 0 Å². The van der Waals surface area contributed by atoms with Gasteiger partial charge in [0.2, 0.25) is 0 Å². The zero-order valence-corrected chi connectivity index (χ0v) is 20.0. The second kappa shape index (κ2) is 9.34. The van der Waals surface area contributed by atoms with Crippen molar-refractivity contribution < 1.29 is 29.0 Å². The van der Waals surface area contributed by atoms with E-state index in [-0.39, 0.29) is 12.2 Å². The number of fused-ring (bicyclic) bond motifs is 4. The summed E-state index contributed by atoms with van der Waals surface area (Å²) >= 11 is 0. The first-order valence-electron chi connectivity index (χ1n) is 11.6. The first kappa shape index (κ1) is 23.9. The van der Waals surface area contributed by atoms with Crippen molar-refractivity contribution >= 4 is 44.5 Å². The summed E-state index contributed by atoms with van der Waals surface area (Å²) in [5.41, 5.74) is 1.73. The van der Waals surface area contributed by atoms with Gasteiger partial charge in [-0.25, -0.2) is 4.79 Å². The molecule has 5 aromatic rings. The molecule has 1 amide bonds. The summed E-state index contributed by atoms with van der Waals surface area (Å²) in [5, 5.41) is 26.7. The van der Waals surface area contributed by atoms with Gasteiger partial charge in [-0.2, -0.15) is 0 Å². The molecule has 0 saturated heterocycles. The molecule has 0 aliphatic heterocycles. The van der Waals surface area contributed by atoms with Crippen LogP contribution in [-0.2, 0) is 16.0 Å². The Morgan fingerprint density at radius 3 is 2.59 bits per heavy atom. The number of aromatic hydroxyl groups is 1. The van der Waals surface area contributed by atoms with E-state index in [1.807, 2.05) is 12.1 Å². The summed E-state index contributed by atoms with van der Waals surface area (Å²) in [5.74, 6) is -1.74. The Labute approximate surface area is 210 Å². The van der Waals surface area contributed by atoms with Gasteiger partial charge in [0.05, 0.1) is 17.4 Å². The minimum Gasteiger partial charge on any atom is -0.548 e. The quantitative estimate of drug-likeness (QED) is 0.231. The maximum absolute atomic E-state index is 12.9. The zero-order valence-electron chi connectivity index (χ0n) is 20.0. The molecule has 37 heavy (non-hydrogen) atoms. The largest absolute Gasteiger partial charge is 0.548 e. The average molecular weight is 499 g/mol. The number of carboxylic acid groups (broad SMARTS) is 1. The van der Waals surface area contributed by atoms with Gasteiger partial charge in [0.25, 0.3) is 5.91 Å². The summed E-state index contributed by atoms with van der Waals surface area (Å²) in [7, 11) is 0. The first-order chi connectivity index (χ1) is 17.7. The maximum atomic E-state index is 12.9. The van der Waals surface area contributed by atoms with Crippen LogP contribution in [0.25, 0.3) is 32.6 Å². The van der Waals surface area contributed by atoms with Crippen LogP contribution in [-0.4, -0.2) is 34.1 Å². The van der Waals surface area contributed by atoms with Crippen molar-refractivity contribution in [1.82, 2.24) is 10.3 Å². The smallest absolute Gasteiger partial charge is 0.344 e. The number of hydrogen-bond donors (Lipinski definition) is 3. The number of aliphatic carboxylic acids is 1. The number of rotatable bonds is 7. The zero-order chi connectivity index (χ0) is 26.3. The molecule has 0 unspecified atom stereocenters. The number of aromatic nitrogens is 1. The van der Waals surface area contributed by atoms with Crippen LogP contribution in [0, 0.1) is 6.92 Å². The van der Waals surface area contributed by atoms with Gasteiger partial charge in [-0.15, -0.1) is 0 Å². The Kier molecular flexibility index (Phi) is 6.04. The van der Waals surface area contributed by atoms with Crippen LogP contribution < -0.4 is 20.8 Å². The lowest BCUT2D eigenvalue weighted by molar-refractivity contribution is -0.308. The second-order valence-electron chi connectivity index (χ2n) is 8.89. The van der Waals surface area contributed by atoms with E-state index < -0.39 is 29.6 Å². The molecule has 2 heterocycles. The third-order valence-electron chi connectivity index (χ3n) is 6.44. The number of hydrogen-bond acceptors (Lipinski definition) is 7. The van der Waals surface area contributed by atoms with Gasteiger partial charge >= 0.3 is 5.63 Å². The lowest BCUT2D eigenvalue weighted by atomic mass is 10.0. The molecule has 9 heteroatoms. The van der Waals surface area contributed by atoms with Crippen LogP contribution in [0.5, 0.6) is 11.5 Å². The number of amides is 1. The summed E-state index contributed by atoms with van der Waals surface area (Å²) in [6.45, 7) is 3.21. The first-order valence-corrected chi connectivity index (χ1v) is 11.6. The molecule has 3 aromatic carbocycles. The van der Waals surface area contributed by atoms with E-state index in [9.17, 15) is 24.6 Å². The number of carbonyl (C=O) groups is 2. The number of phenols is 1. The molecule has 0 aliphatic carbocycles. The predicted octanol–water partition coefficient (Wildman–Crippen LogP) is 2.69. The molecule has 3 N–H and O–H groups in total. The number of ether oxygens (including phenoxy) is 1. The van der Waals surface area contributed by atoms with Crippen molar-refractivity contribution in [2.24, 2.45) is 0 Å². The number of nitrogens with one attached hydrogen (secondary N) is 2. The summed E-state index contributed by atoms with van der Waals surface area (Å²) < 4.78 is 11.4. The molecule has 0 radical (unpaired) electrons. The van der Waals surface area contributed by atoms with E-state index in [1.165, 1.54) is 19.1 Å². The Bertz CT molecular complexity index is 1730. The standard InChI is InChI=1S/C28H24N2O7/c1-14-24(10-8-19-18-5-3-4-6-20(18)28(35)37-25(14)19)36-15(2)26(32)30-23(27(33)34)11-16-13-29-22-9-7-17(31)12-21(16)22/h3-10,12-13,15,23,29,31H,11H2,1-2H3,(H,30,32)(H,33,34)/p-1/t15-,23+/m1/s1. The molecular weight excluding hydrogens is 476 g/mol. The highest BCUT2D eigenvalue weighted by molar-refractivity contribution is 6.05. The topological polar surface area (TPSA) is 145 Å². The highest BCUT2D eigenvalue weighted by Gasteiger charge is 2.23. The number of aryl methyl sites for hydroxylation is 1. The normalized spacial score (nSPS) is 13.0. The van der Waals surface area contributed by atoms with Crippen molar-refractivity contribution in [1.29, 1.82) is 0 Å². The number of benzene rings is 3. The molecule has 2 atom stereocenters.